The van der Waals surface area contributed by atoms with Gasteiger partial charge in [0.05, 0.1) is 13.2 Å². The van der Waals surface area contributed by atoms with Crippen LogP contribution in [0.1, 0.15) is 58.2 Å². The third-order valence-corrected chi connectivity index (χ3v) is 8.85. The molecular weight excluding hydrogens is 580 g/mol. The van der Waals surface area contributed by atoms with E-state index < -0.39 is 18.1 Å². The number of nitrogens with two attached hydrogens (primary N) is 1. The van der Waals surface area contributed by atoms with Crippen molar-refractivity contribution in [1.82, 2.24) is 10.6 Å². The van der Waals surface area contributed by atoms with Gasteiger partial charge in [0.25, 0.3) is 0 Å². The zero-order valence-electron chi connectivity index (χ0n) is 25.7. The molecule has 9 heteroatoms. The highest BCUT2D eigenvalue weighted by molar-refractivity contribution is 5.81. The molecule has 9 nitrogen and oxygen atoms in total. The fraction of sp³-hybridized carbons (Fsp3) is 0.270. The number of ether oxygens (including phenoxy) is 2. The maximum absolute atomic E-state index is 12.7. The number of nitrogens with one attached hydrogen (secondary N) is 2. The zero-order valence-corrected chi connectivity index (χ0v) is 25.7. The van der Waals surface area contributed by atoms with Crippen molar-refractivity contribution in [2.75, 3.05) is 20.3 Å². The van der Waals surface area contributed by atoms with Crippen LogP contribution in [0.15, 0.2) is 96.0 Å². The SMILES string of the molecule is COc1ccc2c(c1)CCc1ccccc1C2NC(N)=NCCC[C@H](NC(=O)OCC1c2ccccc2-c2ccccc21)C(=O)O. The van der Waals surface area contributed by atoms with Crippen LogP contribution in [0.2, 0.25) is 0 Å². The van der Waals surface area contributed by atoms with E-state index in [1.165, 1.54) is 11.1 Å². The summed E-state index contributed by atoms with van der Waals surface area (Å²) >= 11 is 0. The number of carbonyl (C=O) groups excluding carboxylic acids is 1. The number of carbonyl (C=O) groups is 2. The number of methoxy groups -OCH3 is 1. The molecule has 2 atom stereocenters. The van der Waals surface area contributed by atoms with Crippen LogP contribution in [-0.2, 0) is 22.4 Å². The highest BCUT2D eigenvalue weighted by Crippen LogP contribution is 2.44. The Balaban J connectivity index is 1.04. The van der Waals surface area contributed by atoms with Gasteiger partial charge in [-0.1, -0.05) is 78.9 Å². The average Bonchev–Trinajstić information content (AvgIpc) is 3.31. The maximum Gasteiger partial charge on any atom is 0.407 e. The Labute approximate surface area is 268 Å². The van der Waals surface area contributed by atoms with Crippen LogP contribution in [0.4, 0.5) is 4.79 Å². The summed E-state index contributed by atoms with van der Waals surface area (Å²) in [5, 5.41) is 15.7. The lowest BCUT2D eigenvalue weighted by Gasteiger charge is -2.23. The highest BCUT2D eigenvalue weighted by Gasteiger charge is 2.30. The van der Waals surface area contributed by atoms with Crippen molar-refractivity contribution in [2.45, 2.75) is 43.7 Å². The number of aliphatic carboxylic acids is 1. The van der Waals surface area contributed by atoms with Crippen molar-refractivity contribution in [3.8, 4) is 16.9 Å². The number of fused-ring (bicyclic) bond motifs is 5. The van der Waals surface area contributed by atoms with E-state index in [0.717, 1.165) is 52.0 Å². The molecular formula is C37H38N4O5. The lowest BCUT2D eigenvalue weighted by molar-refractivity contribution is -0.139. The lowest BCUT2D eigenvalue weighted by atomic mass is 9.94. The fourth-order valence-electron chi connectivity index (χ4n) is 6.57. The second kappa shape index (κ2) is 13.8. The molecule has 0 fully saturated rings. The minimum Gasteiger partial charge on any atom is -0.497 e. The van der Waals surface area contributed by atoms with Gasteiger partial charge in [0.2, 0.25) is 0 Å². The predicted molar refractivity (Wildman–Crippen MR) is 177 cm³/mol. The van der Waals surface area contributed by atoms with Crippen LogP contribution in [0.3, 0.4) is 0 Å². The summed E-state index contributed by atoms with van der Waals surface area (Å²) in [4.78, 5) is 29.2. The van der Waals surface area contributed by atoms with E-state index in [0.29, 0.717) is 13.0 Å². The number of nitrogens with zero attached hydrogens (tertiary/aromatic N) is 1. The van der Waals surface area contributed by atoms with E-state index in [2.05, 4.69) is 52.0 Å². The largest absolute Gasteiger partial charge is 0.497 e. The number of carboxylic acids is 1. The number of aliphatic imine (C=N–C) groups is 1. The Morgan fingerprint density at radius 1 is 0.891 bits per heavy atom. The van der Waals surface area contributed by atoms with Gasteiger partial charge in [-0.3, -0.25) is 4.99 Å². The van der Waals surface area contributed by atoms with Crippen molar-refractivity contribution < 1.29 is 24.2 Å². The summed E-state index contributed by atoms with van der Waals surface area (Å²) in [7, 11) is 1.66. The van der Waals surface area contributed by atoms with Crippen LogP contribution in [0, 0.1) is 0 Å². The Morgan fingerprint density at radius 2 is 1.52 bits per heavy atom. The molecule has 6 rings (SSSR count). The fourth-order valence-corrected chi connectivity index (χ4v) is 6.57. The molecule has 1 amide bonds. The van der Waals surface area contributed by atoms with Crippen molar-refractivity contribution in [2.24, 2.45) is 10.7 Å². The molecule has 4 aromatic rings. The average molecular weight is 619 g/mol. The smallest absolute Gasteiger partial charge is 0.407 e. The third kappa shape index (κ3) is 6.54. The molecule has 2 aliphatic rings. The van der Waals surface area contributed by atoms with Crippen LogP contribution in [0.5, 0.6) is 5.75 Å². The number of amides is 1. The molecule has 0 spiro atoms. The van der Waals surface area contributed by atoms with Crippen LogP contribution < -0.4 is 21.1 Å². The number of hydrogen-bond donors (Lipinski definition) is 4. The van der Waals surface area contributed by atoms with Crippen molar-refractivity contribution >= 4 is 18.0 Å². The Bertz CT molecular complexity index is 1720. The summed E-state index contributed by atoms with van der Waals surface area (Å²) in [5.74, 6) is -0.170. The molecule has 0 radical (unpaired) electrons. The first-order valence-corrected chi connectivity index (χ1v) is 15.6. The van der Waals surface area contributed by atoms with Gasteiger partial charge in [-0.05, 0) is 82.3 Å². The summed E-state index contributed by atoms with van der Waals surface area (Å²) in [6.07, 6.45) is 1.59. The zero-order chi connectivity index (χ0) is 32.0. The van der Waals surface area contributed by atoms with E-state index >= 15 is 0 Å². The van der Waals surface area contributed by atoms with E-state index in [4.69, 9.17) is 15.2 Å². The Hall–Kier alpha value is -5.31. The van der Waals surface area contributed by atoms with E-state index in [1.807, 2.05) is 54.6 Å². The Morgan fingerprint density at radius 3 is 2.22 bits per heavy atom. The monoisotopic (exact) mass is 618 g/mol. The van der Waals surface area contributed by atoms with Crippen LogP contribution in [-0.4, -0.2) is 49.4 Å². The first-order chi connectivity index (χ1) is 22.4. The summed E-state index contributed by atoms with van der Waals surface area (Å²) in [6.45, 7) is 0.401. The number of carboxylic acid groups (broad SMARTS) is 1. The molecule has 0 heterocycles. The molecule has 2 aliphatic carbocycles. The third-order valence-electron chi connectivity index (χ3n) is 8.85. The quantitative estimate of drug-likeness (QED) is 0.104. The Kier molecular flexibility index (Phi) is 9.19. The first kappa shape index (κ1) is 30.7. The predicted octanol–water partition coefficient (Wildman–Crippen LogP) is 5.56. The van der Waals surface area contributed by atoms with E-state index in [-0.39, 0.29) is 30.9 Å². The number of alkyl carbamates (subject to hydrolysis) is 1. The molecule has 1 unspecified atom stereocenters. The molecule has 0 bridgehead atoms. The van der Waals surface area contributed by atoms with Gasteiger partial charge < -0.3 is 30.9 Å². The topological polar surface area (TPSA) is 135 Å². The highest BCUT2D eigenvalue weighted by atomic mass is 16.5. The van der Waals surface area contributed by atoms with Gasteiger partial charge in [-0.25, -0.2) is 9.59 Å². The number of benzene rings is 4. The molecule has 0 saturated heterocycles. The number of rotatable bonds is 10. The number of guanidine groups is 1. The molecule has 0 aromatic heterocycles. The molecule has 0 aliphatic heterocycles. The second-order valence-corrected chi connectivity index (χ2v) is 11.6. The molecule has 4 aromatic carbocycles. The second-order valence-electron chi connectivity index (χ2n) is 11.6. The van der Waals surface area contributed by atoms with E-state index in [9.17, 15) is 14.7 Å². The number of hydrogen-bond acceptors (Lipinski definition) is 5. The summed E-state index contributed by atoms with van der Waals surface area (Å²) in [6, 6.07) is 29.2. The molecule has 236 valence electrons. The van der Waals surface area contributed by atoms with Gasteiger partial charge in [0, 0.05) is 12.5 Å². The normalized spacial score (nSPS) is 15.8. The minimum atomic E-state index is -1.13. The number of aryl methyl sites for hydroxylation is 2. The molecule has 0 saturated carbocycles. The maximum atomic E-state index is 12.7. The standard InChI is InChI=1S/C37H38N4O5/c1-45-25-18-19-27-24(21-25)17-16-23-9-2-3-10-26(23)34(27)41-36(38)39-20-8-15-33(35(42)43)40-37(44)46-22-32-30-13-6-4-11-28(30)29-12-5-7-14-31(29)32/h2-7,9-14,18-19,21,32-34H,8,15-17,20,22H2,1H3,(H,40,44)(H,42,43)(H3,38,39,41)/t33-,34?/m0/s1. The van der Waals surface area contributed by atoms with Gasteiger partial charge in [-0.15, -0.1) is 0 Å². The minimum absolute atomic E-state index is 0.110. The molecule has 5 N–H and O–H groups in total. The lowest BCUT2D eigenvalue weighted by Crippen LogP contribution is -2.41. The van der Waals surface area contributed by atoms with Gasteiger partial charge >= 0.3 is 12.1 Å². The van der Waals surface area contributed by atoms with Crippen LogP contribution in [0.25, 0.3) is 11.1 Å². The summed E-state index contributed by atoms with van der Waals surface area (Å²) in [5.41, 5.74) is 15.5. The summed E-state index contributed by atoms with van der Waals surface area (Å²) < 4.78 is 11.0. The van der Waals surface area contributed by atoms with Gasteiger partial charge in [0.1, 0.15) is 18.4 Å². The van der Waals surface area contributed by atoms with Crippen molar-refractivity contribution in [3.63, 3.8) is 0 Å². The van der Waals surface area contributed by atoms with Gasteiger partial charge in [-0.2, -0.15) is 0 Å². The van der Waals surface area contributed by atoms with Gasteiger partial charge in [0.15, 0.2) is 5.96 Å². The van der Waals surface area contributed by atoms with E-state index in [1.54, 1.807) is 7.11 Å². The van der Waals surface area contributed by atoms with Crippen molar-refractivity contribution in [3.05, 3.63) is 124 Å². The first-order valence-electron chi connectivity index (χ1n) is 15.6. The van der Waals surface area contributed by atoms with Crippen LogP contribution >= 0.6 is 0 Å². The molecule has 46 heavy (non-hydrogen) atoms. The van der Waals surface area contributed by atoms with Crippen molar-refractivity contribution in [1.29, 1.82) is 0 Å².